The lowest BCUT2D eigenvalue weighted by atomic mass is 10.0. The third-order valence-electron chi connectivity index (χ3n) is 1.87. The minimum Gasteiger partial charge on any atom is -0.481 e. The minimum absolute atomic E-state index is 0. The standard InChI is InChI=1S/C9H12N2O2.2ClH/c10-6-8(9(12)13)5-7-1-3-11-4-2-7;;/h1-4,8H,5-6,10H2,(H,12,13);2*1H. The molecule has 0 aromatic carbocycles. The van der Waals surface area contributed by atoms with Crippen LogP contribution >= 0.6 is 24.8 Å². The molecule has 1 rings (SSSR count). The maximum absolute atomic E-state index is 10.6. The van der Waals surface area contributed by atoms with Gasteiger partial charge < -0.3 is 10.8 Å². The van der Waals surface area contributed by atoms with Crippen LogP contribution in [0.1, 0.15) is 5.56 Å². The van der Waals surface area contributed by atoms with Crippen molar-refractivity contribution in [3.8, 4) is 0 Å². The number of nitrogens with zero attached hydrogens (tertiary/aromatic N) is 1. The van der Waals surface area contributed by atoms with Gasteiger partial charge >= 0.3 is 5.97 Å². The van der Waals surface area contributed by atoms with Gasteiger partial charge in [0, 0.05) is 18.9 Å². The van der Waals surface area contributed by atoms with Crippen molar-refractivity contribution in [2.75, 3.05) is 6.54 Å². The Bertz CT molecular complexity index is 283. The summed E-state index contributed by atoms with van der Waals surface area (Å²) in [6.07, 6.45) is 3.75. The second kappa shape index (κ2) is 8.47. The second-order valence-electron chi connectivity index (χ2n) is 2.83. The maximum atomic E-state index is 10.6. The molecule has 6 heteroatoms. The number of hydrogen-bond donors (Lipinski definition) is 2. The highest BCUT2D eigenvalue weighted by Crippen LogP contribution is 2.06. The third kappa shape index (κ3) is 5.57. The first kappa shape index (κ1) is 16.6. The maximum Gasteiger partial charge on any atom is 0.308 e. The van der Waals surface area contributed by atoms with E-state index in [1.54, 1.807) is 24.5 Å². The first-order valence-corrected chi connectivity index (χ1v) is 4.06. The number of rotatable bonds is 4. The van der Waals surface area contributed by atoms with Gasteiger partial charge in [0.1, 0.15) is 0 Å². The molecule has 1 atom stereocenters. The fourth-order valence-corrected chi connectivity index (χ4v) is 1.07. The van der Waals surface area contributed by atoms with Gasteiger partial charge in [-0.1, -0.05) is 0 Å². The molecule has 4 nitrogen and oxygen atoms in total. The number of nitrogens with two attached hydrogens (primary N) is 1. The molecule has 0 fully saturated rings. The normalized spacial score (nSPS) is 10.7. The van der Waals surface area contributed by atoms with E-state index >= 15 is 0 Å². The quantitative estimate of drug-likeness (QED) is 0.843. The topological polar surface area (TPSA) is 76.2 Å². The van der Waals surface area contributed by atoms with Crippen LogP contribution in [0, 0.1) is 5.92 Å². The Morgan fingerprint density at radius 1 is 1.40 bits per heavy atom. The van der Waals surface area contributed by atoms with E-state index in [0.717, 1.165) is 5.56 Å². The van der Waals surface area contributed by atoms with E-state index in [9.17, 15) is 4.79 Å². The van der Waals surface area contributed by atoms with E-state index in [4.69, 9.17) is 10.8 Å². The van der Waals surface area contributed by atoms with Gasteiger partial charge in [0.05, 0.1) is 5.92 Å². The first-order chi connectivity index (χ1) is 6.24. The van der Waals surface area contributed by atoms with Gasteiger partial charge in [0.25, 0.3) is 0 Å². The third-order valence-corrected chi connectivity index (χ3v) is 1.87. The zero-order valence-electron chi connectivity index (χ0n) is 8.00. The minimum atomic E-state index is -0.848. The SMILES string of the molecule is Cl.Cl.NCC(Cc1ccncc1)C(=O)O. The summed E-state index contributed by atoms with van der Waals surface area (Å²) in [5, 5.41) is 8.74. The van der Waals surface area contributed by atoms with Crippen molar-refractivity contribution in [3.63, 3.8) is 0 Å². The Hall–Kier alpha value is -0.840. The zero-order chi connectivity index (χ0) is 9.68. The molecular weight excluding hydrogens is 239 g/mol. The lowest BCUT2D eigenvalue weighted by Crippen LogP contribution is -2.25. The van der Waals surface area contributed by atoms with Crippen LogP contribution in [0.15, 0.2) is 24.5 Å². The molecule has 1 unspecified atom stereocenters. The van der Waals surface area contributed by atoms with E-state index < -0.39 is 11.9 Å². The fourth-order valence-electron chi connectivity index (χ4n) is 1.07. The van der Waals surface area contributed by atoms with Crippen LogP contribution in [-0.2, 0) is 11.2 Å². The van der Waals surface area contributed by atoms with Crippen LogP contribution in [0.25, 0.3) is 0 Å². The molecule has 15 heavy (non-hydrogen) atoms. The summed E-state index contributed by atoms with van der Waals surface area (Å²) >= 11 is 0. The second-order valence-corrected chi connectivity index (χ2v) is 2.83. The Labute approximate surface area is 101 Å². The summed E-state index contributed by atoms with van der Waals surface area (Å²) in [5.74, 6) is -1.35. The van der Waals surface area contributed by atoms with E-state index in [0.29, 0.717) is 6.42 Å². The molecule has 0 aliphatic heterocycles. The molecule has 1 aromatic rings. The van der Waals surface area contributed by atoms with Crippen molar-refractivity contribution in [2.45, 2.75) is 6.42 Å². The average molecular weight is 253 g/mol. The molecule has 0 aliphatic carbocycles. The van der Waals surface area contributed by atoms with Crippen LogP contribution in [0.5, 0.6) is 0 Å². The van der Waals surface area contributed by atoms with Gasteiger partial charge in [-0.25, -0.2) is 0 Å². The van der Waals surface area contributed by atoms with Gasteiger partial charge in [0.15, 0.2) is 0 Å². The van der Waals surface area contributed by atoms with Gasteiger partial charge in [0.2, 0.25) is 0 Å². The summed E-state index contributed by atoms with van der Waals surface area (Å²) in [5.41, 5.74) is 6.28. The Balaban J connectivity index is 0. The Morgan fingerprint density at radius 3 is 2.33 bits per heavy atom. The van der Waals surface area contributed by atoms with Crippen molar-refractivity contribution >= 4 is 30.8 Å². The number of carbonyl (C=O) groups is 1. The van der Waals surface area contributed by atoms with Crippen LogP contribution in [-0.4, -0.2) is 22.6 Å². The van der Waals surface area contributed by atoms with Gasteiger partial charge in [-0.15, -0.1) is 24.8 Å². The van der Waals surface area contributed by atoms with Crippen LogP contribution in [0.3, 0.4) is 0 Å². The molecule has 0 spiro atoms. The van der Waals surface area contributed by atoms with Crippen molar-refractivity contribution in [2.24, 2.45) is 11.7 Å². The van der Waals surface area contributed by atoms with Gasteiger partial charge in [-0.3, -0.25) is 9.78 Å². The lowest BCUT2D eigenvalue weighted by Gasteiger charge is -2.08. The first-order valence-electron chi connectivity index (χ1n) is 4.06. The molecule has 0 saturated carbocycles. The molecule has 0 amide bonds. The van der Waals surface area contributed by atoms with Crippen molar-refractivity contribution in [1.82, 2.24) is 4.98 Å². The van der Waals surface area contributed by atoms with E-state index in [2.05, 4.69) is 4.98 Å². The monoisotopic (exact) mass is 252 g/mol. The molecule has 1 heterocycles. The van der Waals surface area contributed by atoms with E-state index in [1.807, 2.05) is 0 Å². The number of aromatic nitrogens is 1. The molecule has 86 valence electrons. The molecule has 0 bridgehead atoms. The number of carboxylic acid groups (broad SMARTS) is 1. The van der Waals surface area contributed by atoms with Crippen molar-refractivity contribution < 1.29 is 9.90 Å². The fraction of sp³-hybridized carbons (Fsp3) is 0.333. The van der Waals surface area contributed by atoms with Crippen molar-refractivity contribution in [3.05, 3.63) is 30.1 Å². The van der Waals surface area contributed by atoms with Crippen LogP contribution in [0.4, 0.5) is 0 Å². The Kier molecular flexibility index (Phi) is 9.36. The van der Waals surface area contributed by atoms with Gasteiger partial charge in [-0.05, 0) is 24.1 Å². The molecule has 1 aromatic heterocycles. The summed E-state index contributed by atoms with van der Waals surface area (Å²) in [6.45, 7) is 0.164. The summed E-state index contributed by atoms with van der Waals surface area (Å²) in [4.78, 5) is 14.5. The number of hydrogen-bond acceptors (Lipinski definition) is 3. The average Bonchev–Trinajstić information content (AvgIpc) is 2.15. The smallest absolute Gasteiger partial charge is 0.308 e. The molecule has 0 radical (unpaired) electrons. The number of halogens is 2. The van der Waals surface area contributed by atoms with Crippen molar-refractivity contribution in [1.29, 1.82) is 0 Å². The number of carboxylic acids is 1. The number of aliphatic carboxylic acids is 1. The molecular formula is C9H14Cl2N2O2. The predicted molar refractivity (Wildman–Crippen MR) is 62.6 cm³/mol. The zero-order valence-corrected chi connectivity index (χ0v) is 9.63. The largest absolute Gasteiger partial charge is 0.481 e. The Morgan fingerprint density at radius 2 is 1.93 bits per heavy atom. The van der Waals surface area contributed by atoms with E-state index in [1.165, 1.54) is 0 Å². The predicted octanol–water partition coefficient (Wildman–Crippen LogP) is 1.13. The molecule has 0 saturated heterocycles. The van der Waals surface area contributed by atoms with Crippen LogP contribution in [0.2, 0.25) is 0 Å². The number of pyridine rings is 1. The molecule has 0 aliphatic rings. The van der Waals surface area contributed by atoms with Gasteiger partial charge in [-0.2, -0.15) is 0 Å². The van der Waals surface area contributed by atoms with E-state index in [-0.39, 0.29) is 31.4 Å². The summed E-state index contributed by atoms with van der Waals surface area (Å²) < 4.78 is 0. The van der Waals surface area contributed by atoms with Crippen LogP contribution < -0.4 is 5.73 Å². The lowest BCUT2D eigenvalue weighted by molar-refractivity contribution is -0.141. The summed E-state index contributed by atoms with van der Waals surface area (Å²) in [7, 11) is 0. The highest BCUT2D eigenvalue weighted by molar-refractivity contribution is 5.85. The highest BCUT2D eigenvalue weighted by atomic mass is 35.5. The molecule has 3 N–H and O–H groups in total. The highest BCUT2D eigenvalue weighted by Gasteiger charge is 2.15. The summed E-state index contributed by atoms with van der Waals surface area (Å²) in [6, 6.07) is 3.59.